The number of ether oxygens (including phenoxy) is 1. The van der Waals surface area contributed by atoms with Crippen molar-refractivity contribution in [2.24, 2.45) is 0 Å². The third-order valence-electron chi connectivity index (χ3n) is 5.83. The van der Waals surface area contributed by atoms with E-state index in [-0.39, 0.29) is 17.3 Å². The van der Waals surface area contributed by atoms with Crippen LogP contribution in [-0.4, -0.2) is 50.9 Å². The Kier molecular flexibility index (Phi) is 10.2. The van der Waals surface area contributed by atoms with Crippen LogP contribution in [-0.2, 0) is 26.2 Å². The normalized spacial score (nSPS) is 11.9. The number of nitrogens with zero attached hydrogens (tertiary/aromatic N) is 2. The Morgan fingerprint density at radius 3 is 2.16 bits per heavy atom. The number of likely N-dealkylation sites (N-methyl/N-ethyl adjacent to an activating group) is 1. The number of hydrogen-bond donors (Lipinski definition) is 1. The zero-order valence-electron chi connectivity index (χ0n) is 21.6. The number of anilines is 1. The number of halogens is 1. The molecule has 0 aliphatic rings. The van der Waals surface area contributed by atoms with Crippen LogP contribution in [0.2, 0.25) is 5.02 Å². The second-order valence-corrected chi connectivity index (χ2v) is 10.8. The molecule has 8 nitrogen and oxygen atoms in total. The molecular weight excluding hydrogens is 526 g/mol. The van der Waals surface area contributed by atoms with Crippen LogP contribution in [0.25, 0.3) is 0 Å². The maximum absolute atomic E-state index is 13.8. The van der Waals surface area contributed by atoms with Gasteiger partial charge in [-0.1, -0.05) is 41.9 Å². The van der Waals surface area contributed by atoms with Gasteiger partial charge in [-0.05, 0) is 74.9 Å². The van der Waals surface area contributed by atoms with Gasteiger partial charge in [0.1, 0.15) is 18.3 Å². The van der Waals surface area contributed by atoms with Crippen LogP contribution in [0.5, 0.6) is 5.75 Å². The first kappa shape index (κ1) is 29.0. The maximum atomic E-state index is 13.8. The summed E-state index contributed by atoms with van der Waals surface area (Å²) >= 11 is 6.01. The molecule has 1 atom stereocenters. The summed E-state index contributed by atoms with van der Waals surface area (Å²) in [5.41, 5.74) is 1.04. The SMILES string of the molecule is CCNC(=O)C(C)N(Cc1ccc(Cl)cc1)C(=O)CN(c1ccc(OCC)cc1)S(=O)(=O)c1ccccc1. The highest BCUT2D eigenvalue weighted by molar-refractivity contribution is 7.92. The van der Waals surface area contributed by atoms with E-state index in [9.17, 15) is 18.0 Å². The molecule has 0 heterocycles. The molecule has 0 fully saturated rings. The Bertz CT molecular complexity index is 1320. The minimum absolute atomic E-state index is 0.0442. The zero-order chi connectivity index (χ0) is 27.7. The van der Waals surface area contributed by atoms with Gasteiger partial charge in [0.2, 0.25) is 11.8 Å². The van der Waals surface area contributed by atoms with Gasteiger partial charge in [-0.3, -0.25) is 13.9 Å². The second kappa shape index (κ2) is 13.3. The van der Waals surface area contributed by atoms with Crippen LogP contribution < -0.4 is 14.4 Å². The molecule has 202 valence electrons. The topological polar surface area (TPSA) is 96.0 Å². The molecule has 2 amide bonds. The van der Waals surface area contributed by atoms with Gasteiger partial charge < -0.3 is 15.0 Å². The molecule has 0 saturated carbocycles. The number of carbonyl (C=O) groups is 2. The molecule has 0 aliphatic heterocycles. The van der Waals surface area contributed by atoms with Crippen molar-refractivity contribution in [2.45, 2.75) is 38.3 Å². The summed E-state index contributed by atoms with van der Waals surface area (Å²) in [6.07, 6.45) is 0. The van der Waals surface area contributed by atoms with Gasteiger partial charge in [-0.15, -0.1) is 0 Å². The fourth-order valence-electron chi connectivity index (χ4n) is 3.81. The minimum Gasteiger partial charge on any atom is -0.494 e. The van der Waals surface area contributed by atoms with Crippen LogP contribution in [0, 0.1) is 0 Å². The average molecular weight is 558 g/mol. The molecule has 3 aromatic carbocycles. The largest absolute Gasteiger partial charge is 0.494 e. The van der Waals surface area contributed by atoms with Gasteiger partial charge in [0.05, 0.1) is 17.2 Å². The van der Waals surface area contributed by atoms with Crippen LogP contribution >= 0.6 is 11.6 Å². The smallest absolute Gasteiger partial charge is 0.264 e. The van der Waals surface area contributed by atoms with E-state index in [1.807, 2.05) is 6.92 Å². The number of carbonyl (C=O) groups excluding carboxylic acids is 2. The minimum atomic E-state index is -4.12. The van der Waals surface area contributed by atoms with Crippen LogP contribution in [0.3, 0.4) is 0 Å². The van der Waals surface area contributed by atoms with Crippen molar-refractivity contribution in [3.63, 3.8) is 0 Å². The second-order valence-electron chi connectivity index (χ2n) is 8.47. The monoisotopic (exact) mass is 557 g/mol. The third kappa shape index (κ3) is 7.26. The van der Waals surface area contributed by atoms with E-state index in [1.54, 1.807) is 80.6 Å². The van der Waals surface area contributed by atoms with Crippen LogP contribution in [0.1, 0.15) is 26.3 Å². The molecule has 0 bridgehead atoms. The van der Waals surface area contributed by atoms with Gasteiger partial charge in [0.25, 0.3) is 10.0 Å². The zero-order valence-corrected chi connectivity index (χ0v) is 23.2. The number of benzene rings is 3. The first-order valence-corrected chi connectivity index (χ1v) is 14.1. The number of hydrogen-bond acceptors (Lipinski definition) is 5. The average Bonchev–Trinajstić information content (AvgIpc) is 2.92. The lowest BCUT2D eigenvalue weighted by molar-refractivity contribution is -0.139. The Balaban J connectivity index is 2.01. The van der Waals surface area contributed by atoms with E-state index in [2.05, 4.69) is 5.32 Å². The van der Waals surface area contributed by atoms with Crippen molar-refractivity contribution >= 4 is 39.1 Å². The lowest BCUT2D eigenvalue weighted by atomic mass is 10.1. The lowest BCUT2D eigenvalue weighted by Crippen LogP contribution is -2.51. The lowest BCUT2D eigenvalue weighted by Gasteiger charge is -2.32. The maximum Gasteiger partial charge on any atom is 0.264 e. The molecule has 3 rings (SSSR count). The molecule has 0 saturated heterocycles. The Morgan fingerprint density at radius 2 is 1.58 bits per heavy atom. The standard InChI is InChI=1S/C28H32ClN3O5S/c1-4-30-28(34)21(3)31(19-22-11-13-23(29)14-12-22)27(33)20-32(24-15-17-25(18-16-24)37-5-2)38(35,36)26-9-7-6-8-10-26/h6-18,21H,4-5,19-20H2,1-3H3,(H,30,34). The number of rotatable bonds is 12. The Morgan fingerprint density at radius 1 is 0.947 bits per heavy atom. The van der Waals surface area contributed by atoms with E-state index in [1.165, 1.54) is 17.0 Å². The van der Waals surface area contributed by atoms with Crippen molar-refractivity contribution in [1.29, 1.82) is 0 Å². The number of nitrogens with one attached hydrogen (secondary N) is 1. The van der Waals surface area contributed by atoms with Crippen molar-refractivity contribution in [1.82, 2.24) is 10.2 Å². The first-order valence-electron chi connectivity index (χ1n) is 12.3. The van der Waals surface area contributed by atoms with Crippen molar-refractivity contribution < 1.29 is 22.7 Å². The summed E-state index contributed by atoms with van der Waals surface area (Å²) in [4.78, 5) is 27.9. The molecule has 0 spiro atoms. The van der Waals surface area contributed by atoms with Gasteiger partial charge in [-0.25, -0.2) is 8.42 Å². The van der Waals surface area contributed by atoms with E-state index in [0.717, 1.165) is 9.87 Å². The van der Waals surface area contributed by atoms with Crippen LogP contribution in [0.15, 0.2) is 83.8 Å². The van der Waals surface area contributed by atoms with Crippen molar-refractivity contribution in [2.75, 3.05) is 24.0 Å². The van der Waals surface area contributed by atoms with E-state index >= 15 is 0 Å². The summed E-state index contributed by atoms with van der Waals surface area (Å²) in [6.45, 7) is 5.69. The highest BCUT2D eigenvalue weighted by Crippen LogP contribution is 2.26. The molecular formula is C28H32ClN3O5S. The number of amides is 2. The quantitative estimate of drug-likeness (QED) is 0.354. The summed E-state index contributed by atoms with van der Waals surface area (Å²) < 4.78 is 34.0. The van der Waals surface area contributed by atoms with E-state index in [4.69, 9.17) is 16.3 Å². The predicted molar refractivity (Wildman–Crippen MR) is 149 cm³/mol. The first-order chi connectivity index (χ1) is 18.2. The molecule has 38 heavy (non-hydrogen) atoms. The van der Waals surface area contributed by atoms with E-state index < -0.39 is 28.5 Å². The summed E-state index contributed by atoms with van der Waals surface area (Å²) in [5, 5.41) is 3.28. The molecule has 3 aromatic rings. The highest BCUT2D eigenvalue weighted by atomic mass is 35.5. The van der Waals surface area contributed by atoms with Crippen molar-refractivity contribution in [3.8, 4) is 5.75 Å². The third-order valence-corrected chi connectivity index (χ3v) is 7.87. The highest BCUT2D eigenvalue weighted by Gasteiger charge is 2.32. The van der Waals surface area contributed by atoms with Crippen molar-refractivity contribution in [3.05, 3.63) is 89.4 Å². The van der Waals surface area contributed by atoms with Gasteiger partial charge in [-0.2, -0.15) is 0 Å². The van der Waals surface area contributed by atoms with Gasteiger partial charge >= 0.3 is 0 Å². The summed E-state index contributed by atoms with van der Waals surface area (Å²) in [6, 6.07) is 20.5. The number of sulfonamides is 1. The van der Waals surface area contributed by atoms with Gasteiger partial charge in [0, 0.05) is 18.1 Å². The molecule has 0 aliphatic carbocycles. The predicted octanol–water partition coefficient (Wildman–Crippen LogP) is 4.49. The summed E-state index contributed by atoms with van der Waals surface area (Å²) in [5.74, 6) is -0.297. The molecule has 0 radical (unpaired) electrons. The molecule has 10 heteroatoms. The fraction of sp³-hybridized carbons (Fsp3) is 0.286. The Labute approximate surface area is 229 Å². The molecule has 0 aromatic heterocycles. The van der Waals surface area contributed by atoms with E-state index in [0.29, 0.717) is 29.6 Å². The summed E-state index contributed by atoms with van der Waals surface area (Å²) in [7, 11) is -4.12. The van der Waals surface area contributed by atoms with Crippen LogP contribution in [0.4, 0.5) is 5.69 Å². The fourth-order valence-corrected chi connectivity index (χ4v) is 5.38. The Hall–Kier alpha value is -3.56. The van der Waals surface area contributed by atoms with Gasteiger partial charge in [0.15, 0.2) is 0 Å². The molecule has 1 N–H and O–H groups in total. The molecule has 1 unspecified atom stereocenters.